The smallest absolute Gasteiger partial charge is 0.337 e. The van der Waals surface area contributed by atoms with E-state index in [4.69, 9.17) is 10.5 Å². The first-order chi connectivity index (χ1) is 13.5. The summed E-state index contributed by atoms with van der Waals surface area (Å²) in [6, 6.07) is 14.8. The Morgan fingerprint density at radius 1 is 1.14 bits per heavy atom. The zero-order chi connectivity index (χ0) is 19.7. The largest absolute Gasteiger partial charge is 0.465 e. The Balaban J connectivity index is 1.69. The minimum absolute atomic E-state index is 0.371. The number of nitrogens with one attached hydrogen (secondary N) is 1. The van der Waals surface area contributed by atoms with Crippen molar-refractivity contribution in [3.8, 4) is 11.3 Å². The summed E-state index contributed by atoms with van der Waals surface area (Å²) in [6.07, 6.45) is 0. The first kappa shape index (κ1) is 18.0. The van der Waals surface area contributed by atoms with Gasteiger partial charge in [-0.1, -0.05) is 12.1 Å². The number of ether oxygens (including phenoxy) is 1. The Hall–Kier alpha value is -3.39. The first-order valence-electron chi connectivity index (χ1n) is 8.50. The van der Waals surface area contributed by atoms with E-state index in [1.54, 1.807) is 12.1 Å². The molecule has 2 aromatic heterocycles. The van der Waals surface area contributed by atoms with Gasteiger partial charge < -0.3 is 10.5 Å². The highest BCUT2D eigenvalue weighted by Crippen LogP contribution is 2.33. The van der Waals surface area contributed by atoms with Crippen LogP contribution in [0.25, 0.3) is 22.2 Å². The van der Waals surface area contributed by atoms with Crippen LogP contribution >= 0.6 is 11.8 Å². The van der Waals surface area contributed by atoms with E-state index in [-0.39, 0.29) is 5.97 Å². The molecule has 0 atom stereocenters. The van der Waals surface area contributed by atoms with Crippen LogP contribution in [0.1, 0.15) is 16.1 Å². The molecule has 2 aromatic carbocycles. The molecule has 140 valence electrons. The molecule has 0 aliphatic heterocycles. The van der Waals surface area contributed by atoms with Gasteiger partial charge in [0.2, 0.25) is 0 Å². The van der Waals surface area contributed by atoms with Crippen molar-refractivity contribution < 1.29 is 9.53 Å². The van der Waals surface area contributed by atoms with Gasteiger partial charge in [-0.15, -0.1) is 0 Å². The predicted octanol–water partition coefficient (Wildman–Crippen LogP) is 3.85. The van der Waals surface area contributed by atoms with Gasteiger partial charge in [-0.25, -0.2) is 14.8 Å². The first-order valence-corrected chi connectivity index (χ1v) is 9.31. The Morgan fingerprint density at radius 2 is 1.93 bits per heavy atom. The van der Waals surface area contributed by atoms with Crippen LogP contribution in [0.2, 0.25) is 0 Å². The number of aromatic amines is 1. The molecule has 7 nitrogen and oxygen atoms in total. The van der Waals surface area contributed by atoms with Gasteiger partial charge in [0, 0.05) is 16.2 Å². The van der Waals surface area contributed by atoms with Crippen molar-refractivity contribution in [3.63, 3.8) is 0 Å². The molecule has 0 aliphatic carbocycles. The highest BCUT2D eigenvalue weighted by molar-refractivity contribution is 7.99. The standard InChI is InChI=1S/C20H17N5O2S/c1-11-10-16(25-24-11)14-4-3-5-15-17(14)18(21)23-20(22-15)28-13-8-6-12(7-9-13)19(26)27-2/h3-10H,1-2H3,(H,24,25)(H2,21,22,23). The number of esters is 1. The van der Waals surface area contributed by atoms with Crippen molar-refractivity contribution in [1.29, 1.82) is 0 Å². The minimum Gasteiger partial charge on any atom is -0.465 e. The number of nitrogen functional groups attached to an aromatic ring is 1. The summed E-state index contributed by atoms with van der Waals surface area (Å²) < 4.78 is 4.71. The molecule has 0 amide bonds. The molecule has 0 fully saturated rings. The number of anilines is 1. The van der Waals surface area contributed by atoms with Gasteiger partial charge in [0.25, 0.3) is 0 Å². The third-order valence-electron chi connectivity index (χ3n) is 4.20. The van der Waals surface area contributed by atoms with Crippen LogP contribution in [0, 0.1) is 6.92 Å². The monoisotopic (exact) mass is 391 g/mol. The van der Waals surface area contributed by atoms with E-state index in [1.165, 1.54) is 18.9 Å². The van der Waals surface area contributed by atoms with Gasteiger partial charge in [-0.3, -0.25) is 5.10 Å². The van der Waals surface area contributed by atoms with Crippen LogP contribution in [-0.4, -0.2) is 33.2 Å². The topological polar surface area (TPSA) is 107 Å². The molecule has 0 unspecified atom stereocenters. The summed E-state index contributed by atoms with van der Waals surface area (Å²) in [5.41, 5.74) is 10.2. The average Bonchev–Trinajstić information content (AvgIpc) is 3.13. The van der Waals surface area contributed by atoms with E-state index in [2.05, 4.69) is 20.2 Å². The van der Waals surface area contributed by atoms with Crippen molar-refractivity contribution in [1.82, 2.24) is 20.2 Å². The lowest BCUT2D eigenvalue weighted by molar-refractivity contribution is 0.0600. The fourth-order valence-corrected chi connectivity index (χ4v) is 3.66. The third kappa shape index (κ3) is 3.41. The van der Waals surface area contributed by atoms with E-state index >= 15 is 0 Å². The molecule has 4 rings (SSSR count). The molecule has 3 N–H and O–H groups in total. The molecule has 0 radical (unpaired) electrons. The maximum Gasteiger partial charge on any atom is 0.337 e. The van der Waals surface area contributed by atoms with E-state index in [0.717, 1.165) is 32.7 Å². The molecular formula is C20H17N5O2S. The summed E-state index contributed by atoms with van der Waals surface area (Å²) in [5, 5.41) is 8.57. The number of rotatable bonds is 4. The number of H-pyrrole nitrogens is 1. The van der Waals surface area contributed by atoms with E-state index in [9.17, 15) is 4.79 Å². The Kier molecular flexibility index (Phi) is 4.70. The Bertz CT molecular complexity index is 1170. The number of aromatic nitrogens is 4. The lowest BCUT2D eigenvalue weighted by Crippen LogP contribution is -2.00. The summed E-state index contributed by atoms with van der Waals surface area (Å²) in [4.78, 5) is 21.5. The molecule has 8 heteroatoms. The van der Waals surface area contributed by atoms with Crippen molar-refractivity contribution in [2.75, 3.05) is 12.8 Å². The molecule has 0 saturated carbocycles. The van der Waals surface area contributed by atoms with Gasteiger partial charge in [0.15, 0.2) is 5.16 Å². The number of carbonyl (C=O) groups is 1. The summed E-state index contributed by atoms with van der Waals surface area (Å²) in [6.45, 7) is 1.95. The fraction of sp³-hybridized carbons (Fsp3) is 0.100. The molecule has 28 heavy (non-hydrogen) atoms. The van der Waals surface area contributed by atoms with Crippen LogP contribution in [0.4, 0.5) is 5.82 Å². The number of nitrogens with two attached hydrogens (primary N) is 1. The molecule has 0 aliphatic rings. The van der Waals surface area contributed by atoms with Crippen LogP contribution in [0.5, 0.6) is 0 Å². The predicted molar refractivity (Wildman–Crippen MR) is 108 cm³/mol. The number of hydrogen-bond acceptors (Lipinski definition) is 7. The zero-order valence-electron chi connectivity index (χ0n) is 15.3. The SMILES string of the molecule is COC(=O)c1ccc(Sc2nc(N)c3c(-c4cc(C)[nH]n4)cccc3n2)cc1. The van der Waals surface area contributed by atoms with Gasteiger partial charge in [-0.05, 0) is 55.1 Å². The van der Waals surface area contributed by atoms with Gasteiger partial charge in [0.1, 0.15) is 5.82 Å². The Labute approximate surface area is 165 Å². The van der Waals surface area contributed by atoms with Crippen molar-refractivity contribution in [2.45, 2.75) is 17.0 Å². The zero-order valence-corrected chi connectivity index (χ0v) is 16.1. The summed E-state index contributed by atoms with van der Waals surface area (Å²) in [5.74, 6) is 0.0267. The number of methoxy groups -OCH3 is 1. The maximum absolute atomic E-state index is 11.5. The van der Waals surface area contributed by atoms with Gasteiger partial charge >= 0.3 is 5.97 Å². The number of fused-ring (bicyclic) bond motifs is 1. The minimum atomic E-state index is -0.371. The molecule has 0 saturated heterocycles. The Morgan fingerprint density at radius 3 is 2.61 bits per heavy atom. The normalized spacial score (nSPS) is 10.9. The quantitative estimate of drug-likeness (QED) is 0.402. The second-order valence-corrected chi connectivity index (χ2v) is 7.19. The third-order valence-corrected chi connectivity index (χ3v) is 5.07. The second kappa shape index (κ2) is 7.32. The van der Waals surface area contributed by atoms with Crippen molar-refractivity contribution in [2.24, 2.45) is 0 Å². The number of hydrogen-bond donors (Lipinski definition) is 2. The highest BCUT2D eigenvalue weighted by Gasteiger charge is 2.14. The fourth-order valence-electron chi connectivity index (χ4n) is 2.89. The van der Waals surface area contributed by atoms with Crippen LogP contribution < -0.4 is 5.73 Å². The molecule has 2 heterocycles. The van der Waals surface area contributed by atoms with Crippen molar-refractivity contribution in [3.05, 3.63) is 59.8 Å². The second-order valence-electron chi connectivity index (χ2n) is 6.15. The maximum atomic E-state index is 11.5. The number of benzene rings is 2. The molecular weight excluding hydrogens is 374 g/mol. The van der Waals surface area contributed by atoms with Crippen molar-refractivity contribution >= 4 is 34.5 Å². The van der Waals surface area contributed by atoms with Crippen LogP contribution in [-0.2, 0) is 4.74 Å². The number of carbonyl (C=O) groups excluding carboxylic acids is 1. The highest BCUT2D eigenvalue weighted by atomic mass is 32.2. The van der Waals surface area contributed by atoms with Gasteiger partial charge in [-0.2, -0.15) is 5.10 Å². The van der Waals surface area contributed by atoms with Crippen LogP contribution in [0.15, 0.2) is 58.6 Å². The van der Waals surface area contributed by atoms with E-state index < -0.39 is 0 Å². The summed E-state index contributed by atoms with van der Waals surface area (Å²) in [7, 11) is 1.36. The molecule has 0 bridgehead atoms. The van der Waals surface area contributed by atoms with Gasteiger partial charge in [0.05, 0.1) is 29.3 Å². The molecule has 4 aromatic rings. The average molecular weight is 391 g/mol. The molecule has 0 spiro atoms. The number of nitrogens with zero attached hydrogens (tertiary/aromatic N) is 3. The lowest BCUT2D eigenvalue weighted by Gasteiger charge is -2.08. The number of aryl methyl sites for hydroxylation is 1. The van der Waals surface area contributed by atoms with E-state index in [0.29, 0.717) is 16.5 Å². The lowest BCUT2D eigenvalue weighted by atomic mass is 10.1. The summed E-state index contributed by atoms with van der Waals surface area (Å²) >= 11 is 1.37. The van der Waals surface area contributed by atoms with Crippen LogP contribution in [0.3, 0.4) is 0 Å². The van der Waals surface area contributed by atoms with E-state index in [1.807, 2.05) is 43.3 Å².